The topological polar surface area (TPSA) is 63.1 Å². The van der Waals surface area contributed by atoms with Crippen LogP contribution in [0.2, 0.25) is 0 Å². The minimum Gasteiger partial charge on any atom is -0.315 e. The third-order valence-electron chi connectivity index (χ3n) is 4.80. The number of nitrogens with zero attached hydrogens (tertiary/aromatic N) is 4. The van der Waals surface area contributed by atoms with Crippen molar-refractivity contribution >= 4 is 11.6 Å². The third kappa shape index (κ3) is 2.53. The predicted octanol–water partition coefficient (Wildman–Crippen LogP) is 1.97. The zero-order chi connectivity index (χ0) is 15.8. The SMILES string of the molecule is C[C@H]1CN(C(=O)c2ncn([C@H]3CCCNC3)n2)c2ccccc21. The summed E-state index contributed by atoms with van der Waals surface area (Å²) in [6, 6.07) is 8.37. The van der Waals surface area contributed by atoms with Gasteiger partial charge in [-0.3, -0.25) is 4.79 Å². The highest BCUT2D eigenvalue weighted by atomic mass is 16.2. The van der Waals surface area contributed by atoms with E-state index in [0.717, 1.165) is 31.6 Å². The fourth-order valence-electron chi connectivity index (χ4n) is 3.54. The fraction of sp³-hybridized carbons (Fsp3) is 0.471. The van der Waals surface area contributed by atoms with Gasteiger partial charge in [-0.1, -0.05) is 25.1 Å². The number of fused-ring (bicyclic) bond motifs is 1. The number of carbonyl (C=O) groups excluding carboxylic acids is 1. The molecule has 23 heavy (non-hydrogen) atoms. The zero-order valence-electron chi connectivity index (χ0n) is 13.3. The number of anilines is 1. The number of rotatable bonds is 2. The van der Waals surface area contributed by atoms with E-state index in [1.165, 1.54) is 5.56 Å². The van der Waals surface area contributed by atoms with Crippen LogP contribution in [-0.4, -0.2) is 40.3 Å². The number of aromatic nitrogens is 3. The quantitative estimate of drug-likeness (QED) is 0.921. The molecule has 1 fully saturated rings. The van der Waals surface area contributed by atoms with E-state index in [0.29, 0.717) is 24.3 Å². The van der Waals surface area contributed by atoms with Gasteiger partial charge in [-0.2, -0.15) is 0 Å². The van der Waals surface area contributed by atoms with Crippen molar-refractivity contribution in [3.8, 4) is 0 Å². The molecule has 1 N–H and O–H groups in total. The maximum absolute atomic E-state index is 12.8. The first-order chi connectivity index (χ1) is 11.2. The summed E-state index contributed by atoms with van der Waals surface area (Å²) in [6.07, 6.45) is 3.90. The van der Waals surface area contributed by atoms with Gasteiger partial charge in [0.05, 0.1) is 6.04 Å². The Morgan fingerprint density at radius 2 is 2.22 bits per heavy atom. The second kappa shape index (κ2) is 5.77. The van der Waals surface area contributed by atoms with Crippen LogP contribution in [0.3, 0.4) is 0 Å². The monoisotopic (exact) mass is 311 g/mol. The Morgan fingerprint density at radius 1 is 1.35 bits per heavy atom. The second-order valence-electron chi connectivity index (χ2n) is 6.42. The molecule has 0 saturated carbocycles. The van der Waals surface area contributed by atoms with Gasteiger partial charge in [-0.15, -0.1) is 5.10 Å². The number of amides is 1. The van der Waals surface area contributed by atoms with Gasteiger partial charge in [0.2, 0.25) is 5.82 Å². The van der Waals surface area contributed by atoms with Crippen molar-refractivity contribution in [2.75, 3.05) is 24.5 Å². The Balaban J connectivity index is 1.57. The highest BCUT2D eigenvalue weighted by Crippen LogP contribution is 2.36. The van der Waals surface area contributed by atoms with E-state index in [4.69, 9.17) is 0 Å². The summed E-state index contributed by atoms with van der Waals surface area (Å²) in [5.41, 5.74) is 2.21. The molecule has 0 spiro atoms. The van der Waals surface area contributed by atoms with Gasteiger partial charge in [-0.25, -0.2) is 9.67 Å². The molecule has 2 aliphatic heterocycles. The molecule has 0 bridgehead atoms. The summed E-state index contributed by atoms with van der Waals surface area (Å²) in [4.78, 5) is 18.9. The summed E-state index contributed by atoms with van der Waals surface area (Å²) in [7, 11) is 0. The van der Waals surface area contributed by atoms with Crippen LogP contribution >= 0.6 is 0 Å². The fourth-order valence-corrected chi connectivity index (χ4v) is 3.54. The molecular formula is C17H21N5O. The molecule has 1 aromatic carbocycles. The van der Waals surface area contributed by atoms with Gasteiger partial charge >= 0.3 is 0 Å². The number of benzene rings is 1. The van der Waals surface area contributed by atoms with Crippen molar-refractivity contribution in [2.24, 2.45) is 0 Å². The Bertz CT molecular complexity index is 719. The summed E-state index contributed by atoms with van der Waals surface area (Å²) in [5, 5.41) is 7.81. The van der Waals surface area contributed by atoms with Gasteiger partial charge in [0.25, 0.3) is 5.91 Å². The number of piperidine rings is 1. The maximum atomic E-state index is 12.8. The first-order valence-corrected chi connectivity index (χ1v) is 8.26. The number of nitrogens with one attached hydrogen (secondary N) is 1. The molecule has 0 unspecified atom stereocenters. The number of carbonyl (C=O) groups is 1. The third-order valence-corrected chi connectivity index (χ3v) is 4.80. The Kier molecular flexibility index (Phi) is 3.61. The molecule has 4 rings (SSSR count). The molecule has 0 radical (unpaired) electrons. The van der Waals surface area contributed by atoms with Gasteiger partial charge in [0, 0.05) is 24.7 Å². The first-order valence-electron chi connectivity index (χ1n) is 8.26. The van der Waals surface area contributed by atoms with Crippen LogP contribution in [0.1, 0.15) is 47.9 Å². The Hall–Kier alpha value is -2.21. The van der Waals surface area contributed by atoms with Crippen molar-refractivity contribution in [3.63, 3.8) is 0 Å². The zero-order valence-corrected chi connectivity index (χ0v) is 13.3. The smallest absolute Gasteiger partial charge is 0.297 e. The molecule has 120 valence electrons. The molecule has 6 nitrogen and oxygen atoms in total. The number of hydrogen-bond donors (Lipinski definition) is 1. The van der Waals surface area contributed by atoms with Crippen molar-refractivity contribution in [3.05, 3.63) is 42.0 Å². The minimum atomic E-state index is -0.107. The molecule has 2 aromatic rings. The molecular weight excluding hydrogens is 290 g/mol. The minimum absolute atomic E-state index is 0.107. The van der Waals surface area contributed by atoms with E-state index in [-0.39, 0.29) is 5.91 Å². The maximum Gasteiger partial charge on any atom is 0.297 e. The largest absolute Gasteiger partial charge is 0.315 e. The van der Waals surface area contributed by atoms with Gasteiger partial charge in [0.1, 0.15) is 6.33 Å². The van der Waals surface area contributed by atoms with Crippen LogP contribution in [0, 0.1) is 0 Å². The standard InChI is InChI=1S/C17H21N5O/c1-12-10-21(15-7-3-2-6-14(12)15)17(23)16-19-11-22(20-16)13-5-4-8-18-9-13/h2-3,6-7,11-13,18H,4-5,8-10H2,1H3/t12-,13-/m0/s1. The summed E-state index contributed by atoms with van der Waals surface area (Å²) in [5.74, 6) is 0.531. The van der Waals surface area contributed by atoms with Gasteiger partial charge in [0.15, 0.2) is 0 Å². The lowest BCUT2D eigenvalue weighted by molar-refractivity contribution is 0.0977. The van der Waals surface area contributed by atoms with E-state index < -0.39 is 0 Å². The van der Waals surface area contributed by atoms with Crippen LogP contribution in [0.15, 0.2) is 30.6 Å². The number of hydrogen-bond acceptors (Lipinski definition) is 4. The second-order valence-corrected chi connectivity index (χ2v) is 6.42. The van der Waals surface area contributed by atoms with E-state index in [1.807, 2.05) is 22.9 Å². The summed E-state index contributed by atoms with van der Waals surface area (Å²) in [6.45, 7) is 4.78. The van der Waals surface area contributed by atoms with E-state index >= 15 is 0 Å². The lowest BCUT2D eigenvalue weighted by Gasteiger charge is -2.22. The molecule has 1 saturated heterocycles. The molecule has 1 aromatic heterocycles. The van der Waals surface area contributed by atoms with Crippen LogP contribution < -0.4 is 10.2 Å². The van der Waals surface area contributed by atoms with Crippen molar-refractivity contribution in [1.29, 1.82) is 0 Å². The average molecular weight is 311 g/mol. The van der Waals surface area contributed by atoms with Gasteiger partial charge < -0.3 is 10.2 Å². The molecule has 1 amide bonds. The Labute approximate surface area is 135 Å². The Morgan fingerprint density at radius 3 is 3.04 bits per heavy atom. The van der Waals surface area contributed by atoms with E-state index in [2.05, 4.69) is 28.4 Å². The molecule has 3 heterocycles. The molecule has 0 aliphatic carbocycles. The lowest BCUT2D eigenvalue weighted by atomic mass is 10.0. The first kappa shape index (κ1) is 14.4. The van der Waals surface area contributed by atoms with E-state index in [9.17, 15) is 4.79 Å². The van der Waals surface area contributed by atoms with Crippen molar-refractivity contribution < 1.29 is 4.79 Å². The molecule has 6 heteroatoms. The van der Waals surface area contributed by atoms with E-state index in [1.54, 1.807) is 11.2 Å². The van der Waals surface area contributed by atoms with Crippen molar-refractivity contribution in [2.45, 2.75) is 31.7 Å². The van der Waals surface area contributed by atoms with Crippen molar-refractivity contribution in [1.82, 2.24) is 20.1 Å². The van der Waals surface area contributed by atoms with Crippen LogP contribution in [-0.2, 0) is 0 Å². The predicted molar refractivity (Wildman–Crippen MR) is 87.7 cm³/mol. The lowest BCUT2D eigenvalue weighted by Crippen LogP contribution is -2.33. The molecule has 2 atom stereocenters. The van der Waals surface area contributed by atoms with Gasteiger partial charge in [-0.05, 0) is 31.0 Å². The van der Waals surface area contributed by atoms with Crippen LogP contribution in [0.4, 0.5) is 5.69 Å². The normalized spacial score (nSPS) is 23.8. The average Bonchev–Trinajstić information content (AvgIpc) is 3.21. The van der Waals surface area contributed by atoms with Crippen LogP contribution in [0.25, 0.3) is 0 Å². The van der Waals surface area contributed by atoms with Crippen LogP contribution in [0.5, 0.6) is 0 Å². The summed E-state index contributed by atoms with van der Waals surface area (Å²) < 4.78 is 1.84. The highest BCUT2D eigenvalue weighted by Gasteiger charge is 2.32. The number of para-hydroxylation sites is 1. The highest BCUT2D eigenvalue weighted by molar-refractivity contribution is 6.05. The summed E-state index contributed by atoms with van der Waals surface area (Å²) >= 11 is 0. The molecule has 2 aliphatic rings.